The van der Waals surface area contributed by atoms with E-state index in [1.54, 1.807) is 18.2 Å². The van der Waals surface area contributed by atoms with Crippen LogP contribution in [0.1, 0.15) is 30.3 Å². The lowest BCUT2D eigenvalue weighted by Crippen LogP contribution is -2.27. The normalized spacial score (nSPS) is 10.5. The predicted octanol–water partition coefficient (Wildman–Crippen LogP) is 2.06. The van der Waals surface area contributed by atoms with Gasteiger partial charge in [-0.05, 0) is 23.9 Å². The Balaban J connectivity index is 2.29. The number of rotatable bonds is 4. The van der Waals surface area contributed by atoms with Gasteiger partial charge in [0, 0.05) is 11.9 Å². The van der Waals surface area contributed by atoms with E-state index in [0.717, 1.165) is 18.2 Å². The van der Waals surface area contributed by atoms with Crippen LogP contribution in [-0.2, 0) is 0 Å². The number of benzene rings is 1. The van der Waals surface area contributed by atoms with E-state index in [9.17, 15) is 9.59 Å². The lowest BCUT2D eigenvalue weighted by Gasteiger charge is -2.05. The summed E-state index contributed by atoms with van der Waals surface area (Å²) >= 11 is 0. The van der Waals surface area contributed by atoms with Crippen molar-refractivity contribution in [2.45, 2.75) is 19.8 Å². The van der Waals surface area contributed by atoms with E-state index in [1.165, 1.54) is 0 Å². The molecule has 0 bridgehead atoms. The first-order chi connectivity index (χ1) is 8.72. The maximum Gasteiger partial charge on any atom is 0.267 e. The molecule has 4 heteroatoms. The number of aromatic nitrogens is 1. The molecule has 94 valence electrons. The van der Waals surface area contributed by atoms with Crippen LogP contribution < -0.4 is 10.9 Å². The Morgan fingerprint density at radius 1 is 1.33 bits per heavy atom. The van der Waals surface area contributed by atoms with Crippen LogP contribution in [0.5, 0.6) is 0 Å². The number of hydrogen-bond donors (Lipinski definition) is 2. The number of unbranched alkanes of at least 4 members (excludes halogenated alkanes) is 1. The smallest absolute Gasteiger partial charge is 0.267 e. The molecule has 0 fully saturated rings. The zero-order valence-corrected chi connectivity index (χ0v) is 10.3. The molecule has 2 aromatic rings. The molecule has 2 N–H and O–H groups in total. The summed E-state index contributed by atoms with van der Waals surface area (Å²) < 4.78 is 0. The maximum atomic E-state index is 11.8. The van der Waals surface area contributed by atoms with Gasteiger partial charge in [0.15, 0.2) is 0 Å². The summed E-state index contributed by atoms with van der Waals surface area (Å²) in [6.45, 7) is 2.69. The molecule has 4 nitrogen and oxygen atoms in total. The predicted molar refractivity (Wildman–Crippen MR) is 71.8 cm³/mol. The van der Waals surface area contributed by atoms with E-state index in [-0.39, 0.29) is 11.5 Å². The average molecular weight is 244 g/mol. The van der Waals surface area contributed by atoms with Gasteiger partial charge in [0.1, 0.15) is 5.69 Å². The van der Waals surface area contributed by atoms with Crippen LogP contribution in [-0.4, -0.2) is 17.4 Å². The van der Waals surface area contributed by atoms with Gasteiger partial charge in [0.05, 0.1) is 0 Å². The third kappa shape index (κ3) is 2.59. The molecular weight excluding hydrogens is 228 g/mol. The van der Waals surface area contributed by atoms with Gasteiger partial charge in [-0.15, -0.1) is 0 Å². The van der Waals surface area contributed by atoms with Crippen LogP contribution in [0.2, 0.25) is 0 Å². The van der Waals surface area contributed by atoms with Crippen molar-refractivity contribution in [1.82, 2.24) is 10.3 Å². The van der Waals surface area contributed by atoms with Gasteiger partial charge in [0.25, 0.3) is 11.5 Å². The van der Waals surface area contributed by atoms with Crippen LogP contribution in [0, 0.1) is 0 Å². The number of H-pyrrole nitrogens is 1. The molecule has 18 heavy (non-hydrogen) atoms. The minimum Gasteiger partial charge on any atom is -0.351 e. The largest absolute Gasteiger partial charge is 0.351 e. The molecule has 1 aromatic carbocycles. The van der Waals surface area contributed by atoms with Crippen molar-refractivity contribution in [2.24, 2.45) is 0 Å². The van der Waals surface area contributed by atoms with Gasteiger partial charge < -0.3 is 10.3 Å². The highest BCUT2D eigenvalue weighted by atomic mass is 16.2. The minimum atomic E-state index is -0.230. The summed E-state index contributed by atoms with van der Waals surface area (Å²) in [5, 5.41) is 4.16. The van der Waals surface area contributed by atoms with Crippen LogP contribution in [0.4, 0.5) is 0 Å². The van der Waals surface area contributed by atoms with Crippen molar-refractivity contribution in [2.75, 3.05) is 6.54 Å². The number of nitrogens with one attached hydrogen (secondary N) is 2. The third-order valence-electron chi connectivity index (χ3n) is 2.81. The summed E-state index contributed by atoms with van der Waals surface area (Å²) in [5.74, 6) is -0.230. The Hall–Kier alpha value is -2.10. The molecule has 0 atom stereocenters. The Labute approximate surface area is 105 Å². The molecule has 0 saturated carbocycles. The molecule has 1 amide bonds. The molecule has 0 aliphatic heterocycles. The zero-order valence-electron chi connectivity index (χ0n) is 10.3. The number of amides is 1. The average Bonchev–Trinajstić information content (AvgIpc) is 2.39. The van der Waals surface area contributed by atoms with Crippen LogP contribution in [0.3, 0.4) is 0 Å². The molecule has 0 saturated heterocycles. The number of carbonyl (C=O) groups is 1. The molecule has 1 aromatic heterocycles. The first-order valence-corrected chi connectivity index (χ1v) is 6.12. The van der Waals surface area contributed by atoms with E-state index in [4.69, 9.17) is 0 Å². The Kier molecular flexibility index (Phi) is 3.77. The number of hydrogen-bond acceptors (Lipinski definition) is 2. The van der Waals surface area contributed by atoms with Gasteiger partial charge in [0.2, 0.25) is 0 Å². The van der Waals surface area contributed by atoms with Crippen LogP contribution in [0.15, 0.2) is 35.1 Å². The van der Waals surface area contributed by atoms with Gasteiger partial charge >= 0.3 is 0 Å². The summed E-state index contributed by atoms with van der Waals surface area (Å²) in [6.07, 6.45) is 1.96. The minimum absolute atomic E-state index is 0.228. The van der Waals surface area contributed by atoms with Gasteiger partial charge in [-0.2, -0.15) is 0 Å². The fourth-order valence-electron chi connectivity index (χ4n) is 1.81. The second kappa shape index (κ2) is 5.49. The number of aromatic amines is 1. The molecule has 0 radical (unpaired) electrons. The Morgan fingerprint density at radius 2 is 2.11 bits per heavy atom. The molecule has 0 aliphatic rings. The molecule has 1 heterocycles. The van der Waals surface area contributed by atoms with Crippen molar-refractivity contribution < 1.29 is 4.79 Å². The van der Waals surface area contributed by atoms with Crippen molar-refractivity contribution in [3.63, 3.8) is 0 Å². The fraction of sp³-hybridized carbons (Fsp3) is 0.286. The number of fused-ring (bicyclic) bond motifs is 1. The number of carbonyl (C=O) groups excluding carboxylic acids is 1. The standard InChI is InChI=1S/C14H16N2O2/c1-2-3-8-15-14(18)12-9-10-6-4-5-7-11(10)13(17)16-12/h4-7,9H,2-3,8H2,1H3,(H,15,18)(H,16,17). The Morgan fingerprint density at radius 3 is 2.89 bits per heavy atom. The highest BCUT2D eigenvalue weighted by Crippen LogP contribution is 2.09. The number of pyridine rings is 1. The van der Waals surface area contributed by atoms with E-state index < -0.39 is 0 Å². The topological polar surface area (TPSA) is 62.0 Å². The maximum absolute atomic E-state index is 11.8. The molecule has 0 spiro atoms. The van der Waals surface area contributed by atoms with E-state index in [1.807, 2.05) is 12.1 Å². The first-order valence-electron chi connectivity index (χ1n) is 6.12. The zero-order chi connectivity index (χ0) is 13.0. The highest BCUT2D eigenvalue weighted by Gasteiger charge is 2.08. The fourth-order valence-corrected chi connectivity index (χ4v) is 1.81. The molecule has 2 rings (SSSR count). The van der Waals surface area contributed by atoms with Crippen LogP contribution >= 0.6 is 0 Å². The SMILES string of the molecule is CCCCNC(=O)c1cc2ccccc2c(=O)[nH]1. The lowest BCUT2D eigenvalue weighted by molar-refractivity contribution is 0.0948. The highest BCUT2D eigenvalue weighted by molar-refractivity contribution is 5.96. The summed E-state index contributed by atoms with van der Waals surface area (Å²) in [4.78, 5) is 26.2. The van der Waals surface area contributed by atoms with Crippen molar-refractivity contribution in [3.8, 4) is 0 Å². The second-order valence-corrected chi connectivity index (χ2v) is 4.21. The second-order valence-electron chi connectivity index (χ2n) is 4.21. The summed E-state index contributed by atoms with van der Waals surface area (Å²) in [6, 6.07) is 8.93. The molecule has 0 unspecified atom stereocenters. The van der Waals surface area contributed by atoms with E-state index in [2.05, 4.69) is 17.2 Å². The van der Waals surface area contributed by atoms with Gasteiger partial charge in [-0.3, -0.25) is 9.59 Å². The molecular formula is C14H16N2O2. The Bertz CT molecular complexity index is 616. The van der Waals surface area contributed by atoms with Gasteiger partial charge in [-0.1, -0.05) is 31.5 Å². The van der Waals surface area contributed by atoms with Crippen molar-refractivity contribution >= 4 is 16.7 Å². The van der Waals surface area contributed by atoms with Gasteiger partial charge in [-0.25, -0.2) is 0 Å². The van der Waals surface area contributed by atoms with E-state index in [0.29, 0.717) is 17.6 Å². The quantitative estimate of drug-likeness (QED) is 0.809. The van der Waals surface area contributed by atoms with Crippen LogP contribution in [0.25, 0.3) is 10.8 Å². The summed E-state index contributed by atoms with van der Waals surface area (Å²) in [7, 11) is 0. The monoisotopic (exact) mass is 244 g/mol. The third-order valence-corrected chi connectivity index (χ3v) is 2.81. The molecule has 0 aliphatic carbocycles. The summed E-state index contributed by atoms with van der Waals surface area (Å²) in [5.41, 5.74) is 0.0866. The van der Waals surface area contributed by atoms with Crippen molar-refractivity contribution in [3.05, 3.63) is 46.4 Å². The lowest BCUT2D eigenvalue weighted by atomic mass is 10.1. The van der Waals surface area contributed by atoms with E-state index >= 15 is 0 Å². The first kappa shape index (κ1) is 12.4. The van der Waals surface area contributed by atoms with Crippen molar-refractivity contribution in [1.29, 1.82) is 0 Å².